The van der Waals surface area contributed by atoms with Gasteiger partial charge in [-0.2, -0.15) is 0 Å². The van der Waals surface area contributed by atoms with Gasteiger partial charge in [0.2, 0.25) is 5.91 Å². The fourth-order valence-corrected chi connectivity index (χ4v) is 2.04. The Bertz CT molecular complexity index is 568. The molecule has 3 amide bonds. The standard InChI is InChI=1S/C14H16N2O4/c1-9-3-4-10-11(7-9)14(19)16(13(10)18)8-12(17)15-5-6-20-2/h3-4,7H,5-6,8H2,1-2H3,(H,15,17). The molecule has 0 atom stereocenters. The van der Waals surface area contributed by atoms with Crippen molar-refractivity contribution >= 4 is 17.7 Å². The van der Waals surface area contributed by atoms with Crippen LogP contribution in [0.3, 0.4) is 0 Å². The number of imide groups is 1. The maximum atomic E-state index is 12.1. The van der Waals surface area contributed by atoms with Gasteiger partial charge in [-0.05, 0) is 19.1 Å². The predicted molar refractivity (Wildman–Crippen MR) is 71.4 cm³/mol. The molecule has 0 saturated carbocycles. The van der Waals surface area contributed by atoms with Crippen LogP contribution in [0.15, 0.2) is 18.2 Å². The molecule has 0 unspecified atom stereocenters. The number of methoxy groups -OCH3 is 1. The van der Waals surface area contributed by atoms with E-state index in [2.05, 4.69) is 5.32 Å². The van der Waals surface area contributed by atoms with E-state index in [0.29, 0.717) is 24.3 Å². The Morgan fingerprint density at radius 2 is 1.95 bits per heavy atom. The summed E-state index contributed by atoms with van der Waals surface area (Å²) in [5, 5.41) is 2.58. The number of benzene rings is 1. The molecule has 1 aliphatic rings. The SMILES string of the molecule is COCCNC(=O)CN1C(=O)c2ccc(C)cc2C1=O. The summed E-state index contributed by atoms with van der Waals surface area (Å²) in [6, 6.07) is 5.05. The maximum Gasteiger partial charge on any atom is 0.262 e. The normalized spacial score (nSPS) is 13.6. The lowest BCUT2D eigenvalue weighted by Crippen LogP contribution is -2.41. The third kappa shape index (κ3) is 2.70. The van der Waals surface area contributed by atoms with Crippen molar-refractivity contribution in [2.75, 3.05) is 26.8 Å². The molecule has 6 heteroatoms. The van der Waals surface area contributed by atoms with Crippen LogP contribution in [0, 0.1) is 6.92 Å². The van der Waals surface area contributed by atoms with E-state index in [1.54, 1.807) is 18.2 Å². The fraction of sp³-hybridized carbons (Fsp3) is 0.357. The zero-order valence-electron chi connectivity index (χ0n) is 11.4. The van der Waals surface area contributed by atoms with E-state index < -0.39 is 11.8 Å². The van der Waals surface area contributed by atoms with Crippen molar-refractivity contribution in [1.82, 2.24) is 10.2 Å². The third-order valence-electron chi connectivity index (χ3n) is 3.06. The van der Waals surface area contributed by atoms with E-state index in [1.807, 2.05) is 6.92 Å². The lowest BCUT2D eigenvalue weighted by Gasteiger charge is -2.13. The van der Waals surface area contributed by atoms with E-state index in [4.69, 9.17) is 4.74 Å². The molecule has 106 valence electrons. The van der Waals surface area contributed by atoms with Gasteiger partial charge in [0, 0.05) is 13.7 Å². The molecule has 0 aromatic heterocycles. The van der Waals surface area contributed by atoms with Gasteiger partial charge >= 0.3 is 0 Å². The van der Waals surface area contributed by atoms with Gasteiger partial charge in [0.1, 0.15) is 6.54 Å². The Hall–Kier alpha value is -2.21. The van der Waals surface area contributed by atoms with E-state index in [1.165, 1.54) is 7.11 Å². The lowest BCUT2D eigenvalue weighted by molar-refractivity contribution is -0.121. The van der Waals surface area contributed by atoms with Crippen LogP contribution in [0.25, 0.3) is 0 Å². The molecule has 1 aliphatic heterocycles. The molecule has 0 bridgehead atoms. The van der Waals surface area contributed by atoms with Gasteiger partial charge in [-0.1, -0.05) is 11.6 Å². The highest BCUT2D eigenvalue weighted by molar-refractivity contribution is 6.22. The van der Waals surface area contributed by atoms with E-state index >= 15 is 0 Å². The molecule has 1 heterocycles. The highest BCUT2D eigenvalue weighted by Crippen LogP contribution is 2.23. The second kappa shape index (κ2) is 5.83. The first-order chi connectivity index (χ1) is 9.54. The molecule has 0 radical (unpaired) electrons. The van der Waals surface area contributed by atoms with Crippen molar-refractivity contribution in [1.29, 1.82) is 0 Å². The van der Waals surface area contributed by atoms with Crippen LogP contribution in [0.1, 0.15) is 26.3 Å². The van der Waals surface area contributed by atoms with Crippen molar-refractivity contribution in [2.24, 2.45) is 0 Å². The van der Waals surface area contributed by atoms with Gasteiger partial charge in [0.25, 0.3) is 11.8 Å². The molecule has 0 spiro atoms. The summed E-state index contributed by atoms with van der Waals surface area (Å²) in [6.07, 6.45) is 0. The summed E-state index contributed by atoms with van der Waals surface area (Å²) >= 11 is 0. The molecular formula is C14H16N2O4. The molecule has 2 rings (SSSR count). The Kier molecular flexibility index (Phi) is 4.14. The molecule has 6 nitrogen and oxygen atoms in total. The number of amides is 3. The topological polar surface area (TPSA) is 75.7 Å². The minimum absolute atomic E-state index is 0.269. The van der Waals surface area contributed by atoms with Crippen LogP contribution in [-0.2, 0) is 9.53 Å². The number of carbonyl (C=O) groups excluding carboxylic acids is 3. The number of hydrogen-bond donors (Lipinski definition) is 1. The molecule has 0 aliphatic carbocycles. The van der Waals surface area contributed by atoms with E-state index in [9.17, 15) is 14.4 Å². The molecule has 20 heavy (non-hydrogen) atoms. The van der Waals surface area contributed by atoms with Crippen LogP contribution in [0.5, 0.6) is 0 Å². The van der Waals surface area contributed by atoms with Crippen LogP contribution >= 0.6 is 0 Å². The third-order valence-corrected chi connectivity index (χ3v) is 3.06. The first-order valence-electron chi connectivity index (χ1n) is 6.27. The molecule has 0 saturated heterocycles. The highest BCUT2D eigenvalue weighted by atomic mass is 16.5. The number of aryl methyl sites for hydroxylation is 1. The van der Waals surface area contributed by atoms with Crippen molar-refractivity contribution in [3.63, 3.8) is 0 Å². The molecule has 1 aromatic rings. The summed E-state index contributed by atoms with van der Waals surface area (Å²) < 4.78 is 4.81. The van der Waals surface area contributed by atoms with Crippen molar-refractivity contribution in [3.05, 3.63) is 34.9 Å². The van der Waals surface area contributed by atoms with Gasteiger partial charge in [0.15, 0.2) is 0 Å². The summed E-state index contributed by atoms with van der Waals surface area (Å²) in [7, 11) is 1.53. The van der Waals surface area contributed by atoms with E-state index in [-0.39, 0.29) is 12.5 Å². The van der Waals surface area contributed by atoms with Gasteiger partial charge < -0.3 is 10.1 Å². The minimum Gasteiger partial charge on any atom is -0.383 e. The lowest BCUT2D eigenvalue weighted by atomic mass is 10.1. The van der Waals surface area contributed by atoms with Gasteiger partial charge in [-0.15, -0.1) is 0 Å². The number of carbonyl (C=O) groups is 3. The minimum atomic E-state index is -0.424. The number of nitrogens with zero attached hydrogens (tertiary/aromatic N) is 1. The summed E-state index contributed by atoms with van der Waals surface area (Å²) in [5.74, 6) is -1.23. The molecular weight excluding hydrogens is 260 g/mol. The van der Waals surface area contributed by atoms with Crippen LogP contribution < -0.4 is 5.32 Å². The van der Waals surface area contributed by atoms with Crippen LogP contribution in [-0.4, -0.2) is 49.4 Å². The van der Waals surface area contributed by atoms with Crippen LogP contribution in [0.2, 0.25) is 0 Å². The van der Waals surface area contributed by atoms with Crippen molar-refractivity contribution in [3.8, 4) is 0 Å². The smallest absolute Gasteiger partial charge is 0.262 e. The first kappa shape index (κ1) is 14.2. The Morgan fingerprint density at radius 1 is 1.25 bits per heavy atom. The van der Waals surface area contributed by atoms with Crippen molar-refractivity contribution in [2.45, 2.75) is 6.92 Å². The molecule has 1 N–H and O–H groups in total. The molecule has 0 fully saturated rings. The monoisotopic (exact) mass is 276 g/mol. The number of fused-ring (bicyclic) bond motifs is 1. The average molecular weight is 276 g/mol. The Balaban J connectivity index is 2.07. The van der Waals surface area contributed by atoms with Crippen LogP contribution in [0.4, 0.5) is 0 Å². The van der Waals surface area contributed by atoms with E-state index in [0.717, 1.165) is 10.5 Å². The number of rotatable bonds is 5. The maximum absolute atomic E-state index is 12.1. The second-order valence-corrected chi connectivity index (χ2v) is 4.59. The van der Waals surface area contributed by atoms with Gasteiger partial charge in [0.05, 0.1) is 17.7 Å². The number of nitrogens with one attached hydrogen (secondary N) is 1. The highest BCUT2D eigenvalue weighted by Gasteiger charge is 2.36. The quantitative estimate of drug-likeness (QED) is 0.622. The zero-order valence-corrected chi connectivity index (χ0v) is 11.4. The first-order valence-corrected chi connectivity index (χ1v) is 6.27. The largest absolute Gasteiger partial charge is 0.383 e. The number of ether oxygens (including phenoxy) is 1. The van der Waals surface area contributed by atoms with Gasteiger partial charge in [-0.3, -0.25) is 19.3 Å². The summed E-state index contributed by atoms with van der Waals surface area (Å²) in [4.78, 5) is 36.8. The van der Waals surface area contributed by atoms with Crippen molar-refractivity contribution < 1.29 is 19.1 Å². The fourth-order valence-electron chi connectivity index (χ4n) is 2.04. The second-order valence-electron chi connectivity index (χ2n) is 4.59. The Morgan fingerprint density at radius 3 is 2.65 bits per heavy atom. The van der Waals surface area contributed by atoms with Gasteiger partial charge in [-0.25, -0.2) is 0 Å². The Labute approximate surface area is 116 Å². The number of hydrogen-bond acceptors (Lipinski definition) is 4. The zero-order chi connectivity index (χ0) is 14.7. The average Bonchev–Trinajstić information content (AvgIpc) is 2.64. The predicted octanol–water partition coefficient (Wildman–Crippen LogP) is 0.354. The summed E-state index contributed by atoms with van der Waals surface area (Å²) in [6.45, 7) is 2.30. The summed E-state index contributed by atoms with van der Waals surface area (Å²) in [5.41, 5.74) is 1.61. The molecule has 1 aromatic carbocycles.